The molecule has 1 aliphatic carbocycles. The van der Waals surface area contributed by atoms with E-state index >= 15 is 0 Å². The standard InChI is InChI=1S/C29H37NO6/c1-17-8-6-11-21(31)14-15-25(33)36-29-22(12-7-9-17)27(34)19(3)18(2)26(29)23(30-28(29)35)16-20-10-4-5-13-24(20)32/h4-5,7,10,12-15,17-18,21-23,26-27,31-32,34H,3,6,8-9,11,16H2,1-2H3,(H,30,35)/b12-7+,15-14+/t17-,18-,21-,22+,23+,26+,27-,29-/m1/s1. The molecule has 8 atom stereocenters. The minimum Gasteiger partial charge on any atom is -0.508 e. The molecule has 0 radical (unpaired) electrons. The third kappa shape index (κ3) is 4.87. The molecule has 1 spiro atoms. The third-order valence-corrected chi connectivity index (χ3v) is 8.17. The maximum Gasteiger partial charge on any atom is 0.331 e. The molecule has 0 aromatic heterocycles. The second-order valence-electron chi connectivity index (χ2n) is 10.6. The monoisotopic (exact) mass is 495 g/mol. The number of carbonyl (C=O) groups excluding carboxylic acids is 2. The molecule has 4 N–H and O–H groups in total. The number of aliphatic hydroxyl groups excluding tert-OH is 2. The van der Waals surface area contributed by atoms with Crippen LogP contribution in [0.25, 0.3) is 0 Å². The van der Waals surface area contributed by atoms with Gasteiger partial charge in [0.2, 0.25) is 5.60 Å². The molecule has 2 heterocycles. The number of aliphatic hydroxyl groups is 2. The van der Waals surface area contributed by atoms with E-state index in [9.17, 15) is 24.9 Å². The number of para-hydroxylation sites is 1. The van der Waals surface area contributed by atoms with Crippen LogP contribution in [0.1, 0.15) is 45.1 Å². The van der Waals surface area contributed by atoms with Gasteiger partial charge in [-0.3, -0.25) is 4.79 Å². The number of allylic oxidation sites excluding steroid dienone is 1. The van der Waals surface area contributed by atoms with Crippen LogP contribution in [0.3, 0.4) is 0 Å². The van der Waals surface area contributed by atoms with Gasteiger partial charge in [0.15, 0.2) is 0 Å². The van der Waals surface area contributed by atoms with Gasteiger partial charge in [0, 0.05) is 18.0 Å². The minimum absolute atomic E-state index is 0.125. The highest BCUT2D eigenvalue weighted by Gasteiger charge is 2.67. The van der Waals surface area contributed by atoms with E-state index in [1.54, 1.807) is 18.2 Å². The summed E-state index contributed by atoms with van der Waals surface area (Å²) in [4.78, 5) is 26.8. The average molecular weight is 496 g/mol. The van der Waals surface area contributed by atoms with Gasteiger partial charge in [-0.15, -0.1) is 0 Å². The maximum absolute atomic E-state index is 13.8. The smallest absolute Gasteiger partial charge is 0.331 e. The van der Waals surface area contributed by atoms with Crippen LogP contribution in [0.2, 0.25) is 0 Å². The first kappa shape index (κ1) is 26.2. The molecule has 0 unspecified atom stereocenters. The number of esters is 1. The third-order valence-electron chi connectivity index (χ3n) is 8.17. The number of aromatic hydroxyl groups is 1. The van der Waals surface area contributed by atoms with E-state index in [1.165, 1.54) is 12.2 Å². The van der Waals surface area contributed by atoms with Crippen molar-refractivity contribution in [1.29, 1.82) is 0 Å². The Balaban J connectivity index is 1.79. The minimum atomic E-state index is -1.66. The quantitative estimate of drug-likeness (QED) is 0.370. The summed E-state index contributed by atoms with van der Waals surface area (Å²) < 4.78 is 6.02. The van der Waals surface area contributed by atoms with Crippen molar-refractivity contribution in [3.63, 3.8) is 0 Å². The summed E-state index contributed by atoms with van der Waals surface area (Å²) in [5, 5.41) is 35.0. The van der Waals surface area contributed by atoms with Gasteiger partial charge in [0.05, 0.1) is 18.1 Å². The molecule has 1 saturated carbocycles. The number of nitrogens with one attached hydrogen (secondary N) is 1. The molecule has 1 amide bonds. The van der Waals surface area contributed by atoms with Gasteiger partial charge < -0.3 is 25.4 Å². The number of benzene rings is 1. The van der Waals surface area contributed by atoms with Gasteiger partial charge in [-0.05, 0) is 54.4 Å². The van der Waals surface area contributed by atoms with Crippen molar-refractivity contribution in [1.82, 2.24) is 5.32 Å². The van der Waals surface area contributed by atoms with Crippen molar-refractivity contribution in [2.75, 3.05) is 0 Å². The molecule has 7 heteroatoms. The van der Waals surface area contributed by atoms with Crippen molar-refractivity contribution in [3.8, 4) is 5.75 Å². The molecule has 1 saturated heterocycles. The summed E-state index contributed by atoms with van der Waals surface area (Å²) in [5.41, 5.74) is -0.411. The van der Waals surface area contributed by atoms with Gasteiger partial charge in [0.25, 0.3) is 5.91 Å². The fourth-order valence-electron chi connectivity index (χ4n) is 6.15. The summed E-state index contributed by atoms with van der Waals surface area (Å²) in [6, 6.07) is 6.49. The van der Waals surface area contributed by atoms with Crippen LogP contribution in [-0.2, 0) is 20.7 Å². The van der Waals surface area contributed by atoms with E-state index < -0.39 is 47.6 Å². The van der Waals surface area contributed by atoms with Crippen molar-refractivity contribution in [3.05, 3.63) is 66.3 Å². The maximum atomic E-state index is 13.8. The lowest BCUT2D eigenvalue weighted by molar-refractivity contribution is -0.182. The number of hydrogen-bond acceptors (Lipinski definition) is 6. The van der Waals surface area contributed by atoms with Crippen LogP contribution >= 0.6 is 0 Å². The highest BCUT2D eigenvalue weighted by Crippen LogP contribution is 2.52. The fourth-order valence-corrected chi connectivity index (χ4v) is 6.15. The SMILES string of the molecule is C=C1[C@@H](C)[C@H]2[C@H](Cc3ccccc3O)NC(=O)[C@]23OC(=O)/C=C/[C@H](O)CCC[C@@H](C)C/C=C/[C@H]3[C@@H]1O. The highest BCUT2D eigenvalue weighted by atomic mass is 16.6. The zero-order chi connectivity index (χ0) is 26.0. The van der Waals surface area contributed by atoms with Crippen molar-refractivity contribution >= 4 is 11.9 Å². The molecule has 36 heavy (non-hydrogen) atoms. The summed E-state index contributed by atoms with van der Waals surface area (Å²) >= 11 is 0. The number of ether oxygens (including phenoxy) is 1. The zero-order valence-corrected chi connectivity index (χ0v) is 21.0. The lowest BCUT2D eigenvalue weighted by atomic mass is 9.59. The van der Waals surface area contributed by atoms with E-state index in [-0.39, 0.29) is 11.7 Å². The lowest BCUT2D eigenvalue weighted by Gasteiger charge is -2.49. The first-order valence-electron chi connectivity index (χ1n) is 12.9. The number of phenolic OH excluding ortho intramolecular Hbond substituents is 1. The second-order valence-corrected chi connectivity index (χ2v) is 10.6. The highest BCUT2D eigenvalue weighted by molar-refractivity contribution is 5.94. The van der Waals surface area contributed by atoms with Gasteiger partial charge in [-0.1, -0.05) is 63.6 Å². The van der Waals surface area contributed by atoms with Crippen LogP contribution in [0.15, 0.2) is 60.7 Å². The molecular formula is C29H37NO6. The molecule has 1 aromatic carbocycles. The first-order valence-corrected chi connectivity index (χ1v) is 12.9. The molecule has 2 aliphatic heterocycles. The Kier molecular flexibility index (Phi) is 7.71. The van der Waals surface area contributed by atoms with Crippen molar-refractivity contribution in [2.45, 2.75) is 69.8 Å². The predicted molar refractivity (Wildman–Crippen MR) is 136 cm³/mol. The van der Waals surface area contributed by atoms with Gasteiger partial charge in [-0.25, -0.2) is 4.79 Å². The molecule has 194 valence electrons. The normalized spacial score (nSPS) is 39.2. The Morgan fingerprint density at radius 3 is 2.64 bits per heavy atom. The number of phenols is 1. The number of carbonyl (C=O) groups is 2. The lowest BCUT2D eigenvalue weighted by Crippen LogP contribution is -2.61. The molecule has 0 bridgehead atoms. The van der Waals surface area contributed by atoms with Crippen molar-refractivity contribution < 1.29 is 29.6 Å². The summed E-state index contributed by atoms with van der Waals surface area (Å²) in [7, 11) is 0. The largest absolute Gasteiger partial charge is 0.508 e. The Hall–Kier alpha value is -2.90. The van der Waals surface area contributed by atoms with E-state index in [0.29, 0.717) is 29.9 Å². The molecule has 1 aromatic rings. The van der Waals surface area contributed by atoms with Crippen LogP contribution in [0.4, 0.5) is 0 Å². The van der Waals surface area contributed by atoms with E-state index in [2.05, 4.69) is 18.8 Å². The number of hydrogen-bond donors (Lipinski definition) is 4. The summed E-state index contributed by atoms with van der Waals surface area (Å²) in [6.07, 6.45) is 7.81. The van der Waals surface area contributed by atoms with Crippen LogP contribution < -0.4 is 5.32 Å². The molecule has 4 rings (SSSR count). The Morgan fingerprint density at radius 2 is 1.89 bits per heavy atom. The number of amides is 1. The Labute approximate surface area is 212 Å². The second kappa shape index (κ2) is 10.6. The van der Waals surface area contributed by atoms with Gasteiger partial charge in [0.1, 0.15) is 5.75 Å². The Morgan fingerprint density at radius 1 is 1.14 bits per heavy atom. The zero-order valence-electron chi connectivity index (χ0n) is 21.0. The summed E-state index contributed by atoms with van der Waals surface area (Å²) in [6.45, 7) is 8.16. The van der Waals surface area contributed by atoms with Gasteiger partial charge in [-0.2, -0.15) is 0 Å². The molecule has 7 nitrogen and oxygen atoms in total. The molecular weight excluding hydrogens is 458 g/mol. The summed E-state index contributed by atoms with van der Waals surface area (Å²) in [5.74, 6) is -2.43. The topological polar surface area (TPSA) is 116 Å². The van der Waals surface area contributed by atoms with E-state index in [4.69, 9.17) is 4.74 Å². The van der Waals surface area contributed by atoms with Crippen LogP contribution in [0, 0.1) is 23.7 Å². The predicted octanol–water partition coefficient (Wildman–Crippen LogP) is 3.20. The fraction of sp³-hybridized carbons (Fsp3) is 0.517. The number of rotatable bonds is 2. The first-order chi connectivity index (χ1) is 17.1. The molecule has 2 fully saturated rings. The van der Waals surface area contributed by atoms with Gasteiger partial charge >= 0.3 is 5.97 Å². The van der Waals surface area contributed by atoms with Crippen LogP contribution in [-0.4, -0.2) is 51.0 Å². The Bertz CT molecular complexity index is 1060. The molecule has 3 aliphatic rings. The van der Waals surface area contributed by atoms with Crippen molar-refractivity contribution in [2.24, 2.45) is 23.7 Å². The van der Waals surface area contributed by atoms with E-state index in [0.717, 1.165) is 19.3 Å². The van der Waals surface area contributed by atoms with Crippen LogP contribution in [0.5, 0.6) is 5.75 Å². The van der Waals surface area contributed by atoms with E-state index in [1.807, 2.05) is 25.1 Å². The average Bonchev–Trinajstić information content (AvgIpc) is 3.10.